The van der Waals surface area contributed by atoms with Gasteiger partial charge >= 0.3 is 0 Å². The highest BCUT2D eigenvalue weighted by Gasteiger charge is 2.55. The van der Waals surface area contributed by atoms with Crippen molar-refractivity contribution in [2.45, 2.75) is 64.2 Å². The van der Waals surface area contributed by atoms with Gasteiger partial charge < -0.3 is 29.9 Å². The lowest BCUT2D eigenvalue weighted by Crippen LogP contribution is -2.60. The summed E-state index contributed by atoms with van der Waals surface area (Å²) in [5.74, 6) is 1.72. The minimum atomic E-state index is -1.01. The van der Waals surface area contributed by atoms with E-state index in [1.54, 1.807) is 6.08 Å². The van der Waals surface area contributed by atoms with E-state index in [0.717, 1.165) is 15.9 Å². The average Bonchev–Trinajstić information content (AvgIpc) is 3.47. The molecule has 4 aliphatic carbocycles. The maximum Gasteiger partial charge on any atom is 0.247 e. The number of halogens is 1. The van der Waals surface area contributed by atoms with E-state index in [4.69, 9.17) is 9.47 Å². The lowest BCUT2D eigenvalue weighted by molar-refractivity contribution is -0.151. The van der Waals surface area contributed by atoms with Crippen molar-refractivity contribution in [2.24, 2.45) is 29.1 Å². The van der Waals surface area contributed by atoms with Gasteiger partial charge in [-0.25, -0.2) is 0 Å². The molecule has 6 rings (SSSR count). The first-order valence-electron chi connectivity index (χ1n) is 14.3. The molecule has 1 aromatic rings. The first kappa shape index (κ1) is 28.8. The Balaban J connectivity index is 1.45. The molecule has 3 N–H and O–H groups in total. The molecule has 0 radical (unpaired) electrons. The third kappa shape index (κ3) is 5.87. The van der Waals surface area contributed by atoms with Crippen LogP contribution in [0.5, 0.6) is 5.75 Å². The van der Waals surface area contributed by atoms with Crippen LogP contribution in [0.3, 0.4) is 0 Å². The van der Waals surface area contributed by atoms with Crippen LogP contribution in [0.15, 0.2) is 35.9 Å². The summed E-state index contributed by atoms with van der Waals surface area (Å²) in [6.07, 6.45) is 4.21. The van der Waals surface area contributed by atoms with Gasteiger partial charge in [0, 0.05) is 31.7 Å². The predicted molar refractivity (Wildman–Crippen MR) is 155 cm³/mol. The van der Waals surface area contributed by atoms with Gasteiger partial charge in [-0.2, -0.15) is 0 Å². The van der Waals surface area contributed by atoms with E-state index in [0.29, 0.717) is 49.3 Å². The molecule has 5 aliphatic rings. The number of nitrogens with one attached hydrogen (secondary N) is 1. The fourth-order valence-electron chi connectivity index (χ4n) is 7.25. The largest absolute Gasteiger partial charge is 0.482 e. The highest BCUT2D eigenvalue weighted by atomic mass is 127. The molecule has 0 aromatic heterocycles. The van der Waals surface area contributed by atoms with E-state index >= 15 is 0 Å². The zero-order valence-electron chi connectivity index (χ0n) is 22.9. The molecule has 1 unspecified atom stereocenters. The van der Waals surface area contributed by atoms with Gasteiger partial charge in [0.15, 0.2) is 0 Å². The van der Waals surface area contributed by atoms with Gasteiger partial charge in [-0.15, -0.1) is 0 Å². The number of carbonyl (C=O) groups excluding carboxylic acids is 2. The summed E-state index contributed by atoms with van der Waals surface area (Å²) in [4.78, 5) is 29.0. The van der Waals surface area contributed by atoms with E-state index in [2.05, 4.69) is 41.8 Å². The SMILES string of the molecule is CC1(C)[C@H]2CC[C@@H](CN(C(=O)C3CCOC3)[C@@H]3CC(C(=O)NCCO)=C[C@H](Oc4ccccc4I)[C@H]3O)[C@@H]1C2. The topological polar surface area (TPSA) is 108 Å². The molecule has 214 valence electrons. The lowest BCUT2D eigenvalue weighted by Gasteiger charge is -2.61. The highest BCUT2D eigenvalue weighted by molar-refractivity contribution is 14.1. The normalized spacial score (nSPS) is 33.1. The van der Waals surface area contributed by atoms with Crippen molar-refractivity contribution in [2.75, 3.05) is 32.9 Å². The van der Waals surface area contributed by atoms with Crippen LogP contribution in [0, 0.1) is 32.7 Å². The average molecular weight is 653 g/mol. The minimum absolute atomic E-state index is 0.000797. The molecule has 2 bridgehead atoms. The molecule has 1 heterocycles. The molecular formula is C30H41IN2O6. The predicted octanol–water partition coefficient (Wildman–Crippen LogP) is 3.14. The lowest BCUT2D eigenvalue weighted by atomic mass is 9.45. The number of hydrogen-bond donors (Lipinski definition) is 3. The Kier molecular flexibility index (Phi) is 8.90. The molecule has 9 heteroatoms. The van der Waals surface area contributed by atoms with Crippen LogP contribution in [0.4, 0.5) is 0 Å². The van der Waals surface area contributed by atoms with Crippen LogP contribution in [-0.4, -0.2) is 78.1 Å². The Morgan fingerprint density at radius 2 is 2.03 bits per heavy atom. The molecule has 39 heavy (non-hydrogen) atoms. The molecule has 0 spiro atoms. The number of benzene rings is 1. The Morgan fingerprint density at radius 1 is 1.23 bits per heavy atom. The van der Waals surface area contributed by atoms with Gasteiger partial charge in [0.1, 0.15) is 18.0 Å². The molecule has 1 aromatic carbocycles. The van der Waals surface area contributed by atoms with Crippen LogP contribution in [0.2, 0.25) is 0 Å². The molecule has 8 nitrogen and oxygen atoms in total. The maximum absolute atomic E-state index is 14.1. The number of hydrogen-bond acceptors (Lipinski definition) is 6. The first-order valence-corrected chi connectivity index (χ1v) is 15.4. The second-order valence-electron chi connectivity index (χ2n) is 12.2. The number of aliphatic hydroxyl groups excluding tert-OH is 2. The summed E-state index contributed by atoms with van der Waals surface area (Å²) >= 11 is 2.19. The highest BCUT2D eigenvalue weighted by Crippen LogP contribution is 2.61. The van der Waals surface area contributed by atoms with Gasteiger partial charge in [0.05, 0.1) is 28.7 Å². The number of rotatable bonds is 9. The number of aliphatic hydroxyl groups is 2. The molecule has 1 aliphatic heterocycles. The molecule has 3 saturated carbocycles. The van der Waals surface area contributed by atoms with Crippen LogP contribution in [0.1, 0.15) is 46.0 Å². The summed E-state index contributed by atoms with van der Waals surface area (Å²) in [5.41, 5.74) is 0.729. The zero-order valence-corrected chi connectivity index (χ0v) is 25.0. The van der Waals surface area contributed by atoms with Crippen LogP contribution >= 0.6 is 22.6 Å². The monoisotopic (exact) mass is 652 g/mol. The fraction of sp³-hybridized carbons (Fsp3) is 0.667. The summed E-state index contributed by atoms with van der Waals surface area (Å²) in [6, 6.07) is 6.94. The summed E-state index contributed by atoms with van der Waals surface area (Å²) in [7, 11) is 0. The fourth-order valence-corrected chi connectivity index (χ4v) is 7.77. The summed E-state index contributed by atoms with van der Waals surface area (Å²) in [6.45, 7) is 6.18. The van der Waals surface area contributed by atoms with Crippen LogP contribution < -0.4 is 10.1 Å². The Bertz CT molecular complexity index is 1080. The van der Waals surface area contributed by atoms with E-state index in [-0.39, 0.29) is 42.7 Å². The maximum atomic E-state index is 14.1. The summed E-state index contributed by atoms with van der Waals surface area (Å²) < 4.78 is 12.8. The van der Waals surface area contributed by atoms with Gasteiger partial charge in [-0.1, -0.05) is 26.0 Å². The number of amides is 2. The van der Waals surface area contributed by atoms with Crippen LogP contribution in [0.25, 0.3) is 0 Å². The van der Waals surface area contributed by atoms with Crippen molar-refractivity contribution in [3.63, 3.8) is 0 Å². The van der Waals surface area contributed by atoms with E-state index < -0.39 is 18.2 Å². The van der Waals surface area contributed by atoms with E-state index in [1.165, 1.54) is 12.8 Å². The number of nitrogens with zero attached hydrogens (tertiary/aromatic N) is 1. The molecule has 1 saturated heterocycles. The van der Waals surface area contributed by atoms with E-state index in [1.807, 2.05) is 29.2 Å². The van der Waals surface area contributed by atoms with Crippen molar-refractivity contribution in [1.82, 2.24) is 10.2 Å². The molecule has 7 atom stereocenters. The number of ether oxygens (including phenoxy) is 2. The second-order valence-corrected chi connectivity index (χ2v) is 13.4. The minimum Gasteiger partial charge on any atom is -0.482 e. The van der Waals surface area contributed by atoms with Crippen molar-refractivity contribution in [1.29, 1.82) is 0 Å². The standard InChI is InChI=1S/C30H41IN2O6/c1-30(2)21-8-7-18(22(30)15-21)16-33(29(37)19-9-12-38-17-19)24-13-20(28(36)32-10-11-34)14-26(27(24)35)39-25-6-4-3-5-23(25)31/h3-6,14,18-19,21-22,24,26-27,34-35H,7-13,15-17H2,1-2H3,(H,32,36)/t18-,19?,21-,22-,24+,26-,27-/m0/s1. The van der Waals surface area contributed by atoms with Crippen molar-refractivity contribution < 1.29 is 29.3 Å². The quantitative estimate of drug-likeness (QED) is 0.354. The first-order chi connectivity index (χ1) is 18.7. The number of fused-ring (bicyclic) bond motifs is 2. The second kappa shape index (κ2) is 12.0. The number of carbonyl (C=O) groups is 2. The van der Waals surface area contributed by atoms with Crippen molar-refractivity contribution in [3.8, 4) is 5.75 Å². The third-order valence-electron chi connectivity index (χ3n) is 9.71. The van der Waals surface area contributed by atoms with Crippen molar-refractivity contribution >= 4 is 34.4 Å². The molecule has 4 fully saturated rings. The smallest absolute Gasteiger partial charge is 0.247 e. The Hall–Kier alpha value is -1.69. The summed E-state index contributed by atoms with van der Waals surface area (Å²) in [5, 5.41) is 23.8. The molecular weight excluding hydrogens is 611 g/mol. The Labute approximate surface area is 244 Å². The number of para-hydroxylation sites is 1. The van der Waals surface area contributed by atoms with Gasteiger partial charge in [0.2, 0.25) is 11.8 Å². The van der Waals surface area contributed by atoms with E-state index in [9.17, 15) is 19.8 Å². The van der Waals surface area contributed by atoms with Gasteiger partial charge in [0.25, 0.3) is 0 Å². The third-order valence-corrected chi connectivity index (χ3v) is 10.6. The van der Waals surface area contributed by atoms with Crippen LogP contribution in [-0.2, 0) is 14.3 Å². The zero-order chi connectivity index (χ0) is 27.7. The van der Waals surface area contributed by atoms with Gasteiger partial charge in [-0.05, 0) is 89.7 Å². The van der Waals surface area contributed by atoms with Gasteiger partial charge in [-0.3, -0.25) is 9.59 Å². The Morgan fingerprint density at radius 3 is 2.69 bits per heavy atom. The molecule has 2 amide bonds. The van der Waals surface area contributed by atoms with Crippen molar-refractivity contribution in [3.05, 3.63) is 39.5 Å².